The van der Waals surface area contributed by atoms with Gasteiger partial charge in [0.2, 0.25) is 0 Å². The van der Waals surface area contributed by atoms with Crippen LogP contribution >= 0.6 is 12.2 Å². The first-order valence-electron chi connectivity index (χ1n) is 6.24. The van der Waals surface area contributed by atoms with Gasteiger partial charge in [-0.05, 0) is 18.9 Å². The van der Waals surface area contributed by atoms with Crippen molar-refractivity contribution in [1.82, 2.24) is 10.2 Å². The lowest BCUT2D eigenvalue weighted by Crippen LogP contribution is -2.33. The zero-order valence-corrected chi connectivity index (χ0v) is 11.0. The van der Waals surface area contributed by atoms with Crippen molar-refractivity contribution in [1.29, 1.82) is 0 Å². The van der Waals surface area contributed by atoms with E-state index < -0.39 is 0 Å². The number of nitrogens with zero attached hydrogens (tertiary/aromatic N) is 2. The summed E-state index contributed by atoms with van der Waals surface area (Å²) in [6, 6.07) is 1.73. The van der Waals surface area contributed by atoms with Gasteiger partial charge >= 0.3 is 0 Å². The van der Waals surface area contributed by atoms with E-state index >= 15 is 0 Å². The normalized spacial score (nSPS) is 24.3. The van der Waals surface area contributed by atoms with Crippen LogP contribution in [0.1, 0.15) is 37.7 Å². The molecule has 1 fully saturated rings. The molecule has 1 saturated carbocycles. The minimum absolute atomic E-state index is 0.00250. The number of aliphatic hydroxyl groups is 1. The van der Waals surface area contributed by atoms with Crippen molar-refractivity contribution >= 4 is 23.0 Å². The van der Waals surface area contributed by atoms with E-state index in [4.69, 9.17) is 18.0 Å². The van der Waals surface area contributed by atoms with Gasteiger partial charge in [0.15, 0.2) is 5.82 Å². The molecule has 1 aliphatic rings. The highest BCUT2D eigenvalue weighted by Gasteiger charge is 2.23. The molecule has 0 bridgehead atoms. The van der Waals surface area contributed by atoms with Gasteiger partial charge in [0, 0.05) is 0 Å². The highest BCUT2D eigenvalue weighted by molar-refractivity contribution is 7.80. The molecule has 1 aromatic rings. The molecule has 1 aliphatic carbocycles. The molecular weight excluding hydrogens is 248 g/mol. The fourth-order valence-electron chi connectivity index (χ4n) is 2.27. The maximum atomic E-state index is 10.1. The lowest BCUT2D eigenvalue weighted by Gasteiger charge is -2.23. The van der Waals surface area contributed by atoms with Gasteiger partial charge in [0.1, 0.15) is 4.99 Å². The lowest BCUT2D eigenvalue weighted by molar-refractivity contribution is 0.144. The number of aliphatic hydroxyl groups excluding tert-OH is 1. The number of thiocarbonyl (C=S) groups is 1. The molecule has 6 heteroatoms. The molecule has 2 atom stereocenters. The van der Waals surface area contributed by atoms with E-state index in [0.29, 0.717) is 11.4 Å². The summed E-state index contributed by atoms with van der Waals surface area (Å²) < 4.78 is 0. The van der Waals surface area contributed by atoms with Crippen molar-refractivity contribution in [2.24, 2.45) is 5.73 Å². The van der Waals surface area contributed by atoms with Crippen molar-refractivity contribution in [3.05, 3.63) is 17.8 Å². The fraction of sp³-hybridized carbons (Fsp3) is 0.583. The molecule has 5 nitrogen and oxygen atoms in total. The first kappa shape index (κ1) is 13.2. The molecule has 18 heavy (non-hydrogen) atoms. The molecular formula is C12H18N4OS. The Kier molecular flexibility index (Phi) is 4.43. The monoisotopic (exact) mass is 266 g/mol. The van der Waals surface area contributed by atoms with E-state index in [1.54, 1.807) is 12.3 Å². The third-order valence-electron chi connectivity index (χ3n) is 3.29. The Bertz CT molecular complexity index is 426. The highest BCUT2D eigenvalue weighted by Crippen LogP contribution is 2.22. The average Bonchev–Trinajstić information content (AvgIpc) is 2.55. The third kappa shape index (κ3) is 3.14. The molecule has 0 saturated heterocycles. The number of aromatic nitrogens is 2. The first-order chi connectivity index (χ1) is 8.68. The van der Waals surface area contributed by atoms with Gasteiger partial charge in [-0.25, -0.2) is 0 Å². The molecule has 1 aromatic heterocycles. The Balaban J connectivity index is 2.14. The first-order valence-corrected chi connectivity index (χ1v) is 6.65. The van der Waals surface area contributed by atoms with E-state index in [0.717, 1.165) is 32.1 Å². The number of anilines is 1. The molecule has 0 spiro atoms. The van der Waals surface area contributed by atoms with E-state index in [2.05, 4.69) is 15.5 Å². The summed E-state index contributed by atoms with van der Waals surface area (Å²) in [7, 11) is 0. The van der Waals surface area contributed by atoms with Gasteiger partial charge in [-0.1, -0.05) is 31.5 Å². The molecule has 0 amide bonds. The zero-order valence-electron chi connectivity index (χ0n) is 10.2. The fourth-order valence-corrected chi connectivity index (χ4v) is 2.43. The van der Waals surface area contributed by atoms with Crippen LogP contribution in [0.5, 0.6) is 0 Å². The van der Waals surface area contributed by atoms with Crippen LogP contribution in [0.25, 0.3) is 0 Å². The quantitative estimate of drug-likeness (QED) is 0.563. The van der Waals surface area contributed by atoms with Gasteiger partial charge in [-0.3, -0.25) is 0 Å². The summed E-state index contributed by atoms with van der Waals surface area (Å²) in [5.74, 6) is 0.566. The Morgan fingerprint density at radius 2 is 2.17 bits per heavy atom. The van der Waals surface area contributed by atoms with Gasteiger partial charge in [0.05, 0.1) is 23.9 Å². The smallest absolute Gasteiger partial charge is 0.159 e. The van der Waals surface area contributed by atoms with Crippen molar-refractivity contribution in [2.45, 2.75) is 44.2 Å². The Hall–Kier alpha value is -1.27. The summed E-state index contributed by atoms with van der Waals surface area (Å²) in [6.45, 7) is 0. The van der Waals surface area contributed by atoms with Gasteiger partial charge in [0.25, 0.3) is 0 Å². The minimum Gasteiger partial charge on any atom is -0.391 e. The summed E-state index contributed by atoms with van der Waals surface area (Å²) in [6.07, 6.45) is 6.30. The Morgan fingerprint density at radius 3 is 2.94 bits per heavy atom. The SMILES string of the molecule is NC(=S)c1ccnnc1NC1CCCCCC1O. The van der Waals surface area contributed by atoms with E-state index in [9.17, 15) is 5.11 Å². The maximum absolute atomic E-state index is 10.1. The Morgan fingerprint density at radius 1 is 1.39 bits per heavy atom. The summed E-state index contributed by atoms with van der Waals surface area (Å²) in [4.78, 5) is 0.288. The molecule has 4 N–H and O–H groups in total. The molecule has 1 heterocycles. The van der Waals surface area contributed by atoms with Crippen LogP contribution in [-0.4, -0.2) is 32.4 Å². The molecule has 0 radical (unpaired) electrons. The summed E-state index contributed by atoms with van der Waals surface area (Å²) in [5, 5.41) is 21.1. The van der Waals surface area contributed by atoms with Crippen molar-refractivity contribution < 1.29 is 5.11 Å². The van der Waals surface area contributed by atoms with E-state index in [1.165, 1.54) is 0 Å². The minimum atomic E-state index is -0.353. The predicted octanol–water partition coefficient (Wildman–Crippen LogP) is 1.22. The number of rotatable bonds is 3. The molecule has 2 unspecified atom stereocenters. The lowest BCUT2D eigenvalue weighted by atomic mass is 10.1. The van der Waals surface area contributed by atoms with Crippen LogP contribution in [0.4, 0.5) is 5.82 Å². The Labute approximate surface area is 112 Å². The van der Waals surface area contributed by atoms with Crippen molar-refractivity contribution in [2.75, 3.05) is 5.32 Å². The van der Waals surface area contributed by atoms with Gasteiger partial charge in [-0.2, -0.15) is 5.10 Å². The van der Waals surface area contributed by atoms with Crippen LogP contribution in [0, 0.1) is 0 Å². The summed E-state index contributed by atoms with van der Waals surface area (Å²) >= 11 is 4.98. The van der Waals surface area contributed by atoms with Crippen LogP contribution in [0.2, 0.25) is 0 Å². The zero-order chi connectivity index (χ0) is 13.0. The summed E-state index contributed by atoms with van der Waals surface area (Å²) in [5.41, 5.74) is 6.32. The standard InChI is InChI=1S/C12H18N4OS/c13-11(18)8-6-7-14-16-12(8)15-9-4-2-1-3-5-10(9)17/h6-7,9-10,17H,1-5H2,(H2,13,18)(H,15,16). The number of hydrogen-bond donors (Lipinski definition) is 3. The second-order valence-electron chi connectivity index (χ2n) is 4.61. The van der Waals surface area contributed by atoms with Crippen LogP contribution in [0.3, 0.4) is 0 Å². The molecule has 0 aliphatic heterocycles. The third-order valence-corrected chi connectivity index (χ3v) is 3.51. The molecule has 2 rings (SSSR count). The second-order valence-corrected chi connectivity index (χ2v) is 5.05. The second kappa shape index (κ2) is 6.06. The van der Waals surface area contributed by atoms with E-state index in [1.807, 2.05) is 0 Å². The topological polar surface area (TPSA) is 84.1 Å². The van der Waals surface area contributed by atoms with Crippen molar-refractivity contribution in [3.8, 4) is 0 Å². The predicted molar refractivity (Wildman–Crippen MR) is 74.4 cm³/mol. The van der Waals surface area contributed by atoms with Crippen LogP contribution < -0.4 is 11.1 Å². The molecule has 0 aromatic carbocycles. The number of nitrogens with two attached hydrogens (primary N) is 1. The maximum Gasteiger partial charge on any atom is 0.159 e. The largest absolute Gasteiger partial charge is 0.391 e. The number of nitrogens with one attached hydrogen (secondary N) is 1. The van der Waals surface area contributed by atoms with Gasteiger partial charge in [-0.15, -0.1) is 5.10 Å². The highest BCUT2D eigenvalue weighted by atomic mass is 32.1. The molecule has 98 valence electrons. The van der Waals surface area contributed by atoms with Gasteiger partial charge < -0.3 is 16.2 Å². The average molecular weight is 266 g/mol. The van der Waals surface area contributed by atoms with E-state index in [-0.39, 0.29) is 17.1 Å². The number of hydrogen-bond acceptors (Lipinski definition) is 5. The van der Waals surface area contributed by atoms with Crippen LogP contribution in [-0.2, 0) is 0 Å². The van der Waals surface area contributed by atoms with Crippen molar-refractivity contribution in [3.63, 3.8) is 0 Å². The van der Waals surface area contributed by atoms with Crippen LogP contribution in [0.15, 0.2) is 12.3 Å².